The van der Waals surface area contributed by atoms with Crippen LogP contribution < -0.4 is 61.9 Å². The molecule has 0 radical (unpaired) electrons. The summed E-state index contributed by atoms with van der Waals surface area (Å²) in [4.78, 5) is 34.9. The number of Topliss-reactive ketones (excluding diaryl/α,β-unsaturated/α-hetero) is 1. The number of ketones is 1. The molecule has 0 saturated carbocycles. The first-order chi connectivity index (χ1) is 9.97. The minimum Gasteiger partial charge on any atom is -0.543 e. The second kappa shape index (κ2) is 7.93. The molecule has 0 saturated heterocycles. The molecule has 1 aromatic carbocycles. The predicted octanol–water partition coefficient (Wildman–Crippen LogP) is -2.63. The van der Waals surface area contributed by atoms with Crippen LogP contribution in [0.15, 0.2) is 35.1 Å². The van der Waals surface area contributed by atoms with Crippen molar-refractivity contribution in [2.24, 2.45) is 0 Å². The van der Waals surface area contributed by atoms with E-state index in [1.165, 1.54) is 11.6 Å². The summed E-state index contributed by atoms with van der Waals surface area (Å²) in [6, 6.07) is 8.71. The van der Waals surface area contributed by atoms with Gasteiger partial charge in [-0.2, -0.15) is 5.10 Å². The third-order valence-corrected chi connectivity index (χ3v) is 3.07. The van der Waals surface area contributed by atoms with E-state index in [1.54, 1.807) is 37.3 Å². The van der Waals surface area contributed by atoms with Gasteiger partial charge in [-0.25, -0.2) is 4.68 Å². The van der Waals surface area contributed by atoms with Crippen LogP contribution in [0.3, 0.4) is 0 Å². The molecule has 0 aliphatic carbocycles. The van der Waals surface area contributed by atoms with Crippen LogP contribution in [0.1, 0.15) is 40.4 Å². The number of carbonyl (C=O) groups is 2. The maximum absolute atomic E-state index is 12.1. The number of nitrogens with zero attached hydrogens (tertiary/aromatic N) is 2. The quantitative estimate of drug-likeness (QED) is 0.453. The van der Waals surface area contributed by atoms with Crippen molar-refractivity contribution in [1.82, 2.24) is 9.78 Å². The summed E-state index contributed by atoms with van der Waals surface area (Å²) in [6.07, 6.45) is 0.360. The Morgan fingerprint density at radius 1 is 1.23 bits per heavy atom. The van der Waals surface area contributed by atoms with Gasteiger partial charge in [0.2, 0.25) is 5.43 Å². The Labute approximate surface area is 169 Å². The van der Waals surface area contributed by atoms with Crippen molar-refractivity contribution in [1.29, 1.82) is 0 Å². The van der Waals surface area contributed by atoms with Gasteiger partial charge in [0.15, 0.2) is 11.5 Å². The molecule has 1 aromatic heterocycles. The van der Waals surface area contributed by atoms with Gasteiger partial charge < -0.3 is 9.90 Å². The van der Waals surface area contributed by atoms with Gasteiger partial charge in [-0.3, -0.25) is 9.59 Å². The van der Waals surface area contributed by atoms with Crippen LogP contribution in [0, 0.1) is 0 Å². The third kappa shape index (κ3) is 3.61. The van der Waals surface area contributed by atoms with E-state index in [0.717, 1.165) is 0 Å². The topological polar surface area (TPSA) is 92.1 Å². The summed E-state index contributed by atoms with van der Waals surface area (Å²) >= 11 is 0. The average Bonchev–Trinajstić information content (AvgIpc) is 2.46. The Bertz CT molecular complexity index is 769. The van der Waals surface area contributed by atoms with Gasteiger partial charge in [0.25, 0.3) is 0 Å². The van der Waals surface area contributed by atoms with Crippen molar-refractivity contribution in [3.8, 4) is 5.69 Å². The fourth-order valence-electron chi connectivity index (χ4n) is 2.17. The van der Waals surface area contributed by atoms with Crippen LogP contribution in [-0.4, -0.2) is 21.5 Å². The molecule has 0 amide bonds. The van der Waals surface area contributed by atoms with E-state index in [9.17, 15) is 19.5 Å². The SMILES string of the molecule is CCc1c(C(C)=O)c(=O)c(C(=O)[O-])nn1-c1ccccc1.[K+]. The van der Waals surface area contributed by atoms with Crippen molar-refractivity contribution in [2.75, 3.05) is 0 Å². The first kappa shape index (κ1) is 18.9. The first-order valence-electron chi connectivity index (χ1n) is 6.41. The molecule has 108 valence electrons. The van der Waals surface area contributed by atoms with E-state index in [1.807, 2.05) is 0 Å². The Balaban J connectivity index is 0.00000242. The fourth-order valence-corrected chi connectivity index (χ4v) is 2.17. The molecule has 0 atom stereocenters. The number of hydrogen-bond acceptors (Lipinski definition) is 5. The standard InChI is InChI=1S/C15H14N2O4.K/c1-3-11-12(9(2)18)14(19)13(15(20)21)16-17(11)10-7-5-4-6-8-10;/h4-8H,3H2,1-2H3,(H,20,21);/q;+1/p-1. The first-order valence-corrected chi connectivity index (χ1v) is 6.41. The summed E-state index contributed by atoms with van der Waals surface area (Å²) in [5.74, 6) is -2.19. The van der Waals surface area contributed by atoms with Gasteiger partial charge in [-0.1, -0.05) is 25.1 Å². The van der Waals surface area contributed by atoms with E-state index < -0.39 is 22.9 Å². The Morgan fingerprint density at radius 3 is 2.27 bits per heavy atom. The molecule has 0 fully saturated rings. The van der Waals surface area contributed by atoms with Crippen LogP contribution >= 0.6 is 0 Å². The van der Waals surface area contributed by atoms with Crippen LogP contribution in [0.4, 0.5) is 0 Å². The average molecular weight is 324 g/mol. The van der Waals surface area contributed by atoms with Crippen LogP contribution in [0.5, 0.6) is 0 Å². The molecule has 0 bridgehead atoms. The van der Waals surface area contributed by atoms with Crippen LogP contribution in [0.25, 0.3) is 5.69 Å². The number of para-hydroxylation sites is 1. The van der Waals surface area contributed by atoms with Crippen molar-refractivity contribution in [2.45, 2.75) is 20.3 Å². The molecule has 0 aliphatic rings. The molecule has 0 aliphatic heterocycles. The number of carbonyl (C=O) groups excluding carboxylic acids is 2. The molecular weight excluding hydrogens is 311 g/mol. The Hall–Kier alpha value is -1.12. The normalized spacial score (nSPS) is 9.91. The Morgan fingerprint density at radius 2 is 1.82 bits per heavy atom. The van der Waals surface area contributed by atoms with E-state index >= 15 is 0 Å². The van der Waals surface area contributed by atoms with Gasteiger partial charge in [0.05, 0.1) is 22.9 Å². The molecule has 1 heterocycles. The number of carboxylic acids is 1. The zero-order valence-corrected chi connectivity index (χ0v) is 15.7. The largest absolute Gasteiger partial charge is 1.00 e. The number of rotatable bonds is 4. The molecule has 0 N–H and O–H groups in total. The molecule has 6 nitrogen and oxygen atoms in total. The number of benzene rings is 1. The van der Waals surface area contributed by atoms with E-state index in [-0.39, 0.29) is 56.9 Å². The zero-order valence-electron chi connectivity index (χ0n) is 12.6. The van der Waals surface area contributed by atoms with E-state index in [4.69, 9.17) is 0 Å². The van der Waals surface area contributed by atoms with Gasteiger partial charge in [-0.05, 0) is 25.5 Å². The number of hydrogen-bond donors (Lipinski definition) is 0. The minimum absolute atomic E-state index is 0. The van der Waals surface area contributed by atoms with Crippen molar-refractivity contribution >= 4 is 11.8 Å². The molecule has 22 heavy (non-hydrogen) atoms. The van der Waals surface area contributed by atoms with E-state index in [0.29, 0.717) is 17.8 Å². The van der Waals surface area contributed by atoms with Crippen molar-refractivity contribution in [3.05, 3.63) is 57.5 Å². The summed E-state index contributed by atoms with van der Waals surface area (Å²) in [5.41, 5.74) is -0.869. The maximum Gasteiger partial charge on any atom is 1.00 e. The molecule has 0 spiro atoms. The summed E-state index contributed by atoms with van der Waals surface area (Å²) in [5, 5.41) is 14.9. The second-order valence-corrected chi connectivity index (χ2v) is 4.44. The van der Waals surface area contributed by atoms with Crippen molar-refractivity contribution in [3.63, 3.8) is 0 Å². The summed E-state index contributed by atoms with van der Waals surface area (Å²) in [6.45, 7) is 2.99. The smallest absolute Gasteiger partial charge is 0.543 e. The van der Waals surface area contributed by atoms with Gasteiger partial charge in [-0.15, -0.1) is 0 Å². The second-order valence-electron chi connectivity index (χ2n) is 4.44. The fraction of sp³-hybridized carbons (Fsp3) is 0.200. The van der Waals surface area contributed by atoms with Gasteiger partial charge in [0, 0.05) is 0 Å². The summed E-state index contributed by atoms with van der Waals surface area (Å²) in [7, 11) is 0. The van der Waals surface area contributed by atoms with E-state index in [2.05, 4.69) is 5.10 Å². The molecule has 2 aromatic rings. The number of aromatic nitrogens is 2. The summed E-state index contributed by atoms with van der Waals surface area (Å²) < 4.78 is 1.31. The molecule has 7 heteroatoms. The molecule has 0 unspecified atom stereocenters. The van der Waals surface area contributed by atoms with Gasteiger partial charge >= 0.3 is 51.4 Å². The van der Waals surface area contributed by atoms with Crippen LogP contribution in [0.2, 0.25) is 0 Å². The third-order valence-electron chi connectivity index (χ3n) is 3.07. The molecule has 2 rings (SSSR count). The minimum atomic E-state index is -1.70. The number of aromatic carboxylic acids is 1. The predicted molar refractivity (Wildman–Crippen MR) is 73.5 cm³/mol. The zero-order chi connectivity index (χ0) is 15.6. The van der Waals surface area contributed by atoms with Gasteiger partial charge in [0.1, 0.15) is 0 Å². The maximum atomic E-state index is 12.1. The molecular formula is C15H13KN2O4. The van der Waals surface area contributed by atoms with Crippen molar-refractivity contribution < 1.29 is 66.1 Å². The monoisotopic (exact) mass is 324 g/mol. The number of carboxylic acid groups (broad SMARTS) is 1. The van der Waals surface area contributed by atoms with Crippen LogP contribution in [-0.2, 0) is 6.42 Å². The Kier molecular flexibility index (Phi) is 6.83.